The molecule has 2 rings (SSSR count). The predicted octanol–water partition coefficient (Wildman–Crippen LogP) is 2.92. The van der Waals surface area contributed by atoms with Crippen molar-refractivity contribution in [2.75, 3.05) is 20.2 Å². The van der Waals surface area contributed by atoms with E-state index < -0.39 is 0 Å². The van der Waals surface area contributed by atoms with Gasteiger partial charge in [-0.1, -0.05) is 30.3 Å². The number of carbonyl (C=O) groups is 1. The molecule has 1 aliphatic rings. The second-order valence-electron chi connectivity index (χ2n) is 6.53. The first-order valence-electron chi connectivity index (χ1n) is 8.69. The van der Waals surface area contributed by atoms with Crippen LogP contribution < -0.4 is 0 Å². The number of hydrogen-bond acceptors (Lipinski definition) is 3. The number of nitrogens with zero attached hydrogens (tertiary/aromatic N) is 2. The Labute approximate surface area is 140 Å². The minimum Gasteiger partial charge on any atom is -0.369 e. The molecule has 1 amide bonds. The summed E-state index contributed by atoms with van der Waals surface area (Å²) in [6, 6.07) is 11.4. The number of carbonyl (C=O) groups excluding carboxylic acids is 1. The lowest BCUT2D eigenvalue weighted by Crippen LogP contribution is -2.51. The fraction of sp³-hybridized carbons (Fsp3) is 0.632. The molecule has 0 spiro atoms. The van der Waals surface area contributed by atoms with E-state index in [-0.39, 0.29) is 12.0 Å². The molecule has 0 N–H and O–H groups in total. The molecule has 0 saturated carbocycles. The van der Waals surface area contributed by atoms with Gasteiger partial charge in [-0.15, -0.1) is 0 Å². The molecule has 1 aromatic rings. The SMILES string of the molecule is CCO[C@H](C)C(=O)N(C)[C@H]1CCN(Cc2ccccc2)[C@@H](C)C1. The van der Waals surface area contributed by atoms with Gasteiger partial charge in [0, 0.05) is 38.8 Å². The van der Waals surface area contributed by atoms with Gasteiger partial charge < -0.3 is 9.64 Å². The van der Waals surface area contributed by atoms with E-state index >= 15 is 0 Å². The first-order chi connectivity index (χ1) is 11.0. The fourth-order valence-electron chi connectivity index (χ4n) is 3.39. The molecule has 0 bridgehead atoms. The molecule has 1 heterocycles. The van der Waals surface area contributed by atoms with Crippen molar-refractivity contribution < 1.29 is 9.53 Å². The summed E-state index contributed by atoms with van der Waals surface area (Å²) in [7, 11) is 1.92. The Morgan fingerprint density at radius 3 is 2.70 bits per heavy atom. The van der Waals surface area contributed by atoms with E-state index in [0.29, 0.717) is 18.7 Å². The van der Waals surface area contributed by atoms with E-state index in [1.54, 1.807) is 0 Å². The van der Waals surface area contributed by atoms with Gasteiger partial charge >= 0.3 is 0 Å². The van der Waals surface area contributed by atoms with Crippen molar-refractivity contribution in [2.24, 2.45) is 0 Å². The highest BCUT2D eigenvalue weighted by Crippen LogP contribution is 2.23. The van der Waals surface area contributed by atoms with Gasteiger partial charge in [-0.3, -0.25) is 9.69 Å². The Kier molecular flexibility index (Phi) is 6.60. The molecular weight excluding hydrogens is 288 g/mol. The van der Waals surface area contributed by atoms with Crippen LogP contribution in [0, 0.1) is 0 Å². The second kappa shape index (κ2) is 8.46. The monoisotopic (exact) mass is 318 g/mol. The molecule has 128 valence electrons. The average molecular weight is 318 g/mol. The topological polar surface area (TPSA) is 32.8 Å². The Morgan fingerprint density at radius 1 is 1.39 bits per heavy atom. The summed E-state index contributed by atoms with van der Waals surface area (Å²) < 4.78 is 5.44. The number of likely N-dealkylation sites (tertiary alicyclic amines) is 1. The fourth-order valence-corrected chi connectivity index (χ4v) is 3.39. The standard InChI is InChI=1S/C19H30N2O2/c1-5-23-16(3)19(22)20(4)18-11-12-21(15(2)13-18)14-17-9-7-6-8-10-17/h6-10,15-16,18H,5,11-14H2,1-4H3/t15-,16+,18-/m0/s1. The maximum absolute atomic E-state index is 12.4. The quantitative estimate of drug-likeness (QED) is 0.808. The summed E-state index contributed by atoms with van der Waals surface area (Å²) in [6.07, 6.45) is 1.70. The van der Waals surface area contributed by atoms with E-state index in [2.05, 4.69) is 42.2 Å². The highest BCUT2D eigenvalue weighted by atomic mass is 16.5. The number of amides is 1. The molecule has 0 aromatic heterocycles. The third-order valence-electron chi connectivity index (χ3n) is 4.87. The lowest BCUT2D eigenvalue weighted by Gasteiger charge is -2.41. The predicted molar refractivity (Wildman–Crippen MR) is 93.2 cm³/mol. The second-order valence-corrected chi connectivity index (χ2v) is 6.53. The number of ether oxygens (including phenoxy) is 1. The summed E-state index contributed by atoms with van der Waals surface area (Å²) in [5.74, 6) is 0.0977. The molecule has 3 atom stereocenters. The van der Waals surface area contributed by atoms with Crippen LogP contribution in [0.1, 0.15) is 39.2 Å². The van der Waals surface area contributed by atoms with Crippen LogP contribution in [0.15, 0.2) is 30.3 Å². The van der Waals surface area contributed by atoms with Crippen molar-refractivity contribution in [3.63, 3.8) is 0 Å². The zero-order valence-corrected chi connectivity index (χ0v) is 14.9. The molecule has 1 aromatic carbocycles. The lowest BCUT2D eigenvalue weighted by atomic mass is 9.96. The Morgan fingerprint density at radius 2 is 2.09 bits per heavy atom. The van der Waals surface area contributed by atoms with Gasteiger partial charge in [0.15, 0.2) is 0 Å². The highest BCUT2D eigenvalue weighted by molar-refractivity contribution is 5.80. The van der Waals surface area contributed by atoms with Gasteiger partial charge in [-0.2, -0.15) is 0 Å². The number of hydrogen-bond donors (Lipinski definition) is 0. The van der Waals surface area contributed by atoms with E-state index in [0.717, 1.165) is 25.9 Å². The van der Waals surface area contributed by atoms with Crippen LogP contribution in [0.25, 0.3) is 0 Å². The largest absolute Gasteiger partial charge is 0.369 e. The number of likely N-dealkylation sites (N-methyl/N-ethyl adjacent to an activating group) is 1. The number of rotatable bonds is 6. The van der Waals surface area contributed by atoms with Crippen LogP contribution in [0.3, 0.4) is 0 Å². The van der Waals surface area contributed by atoms with Gasteiger partial charge in [0.25, 0.3) is 5.91 Å². The van der Waals surface area contributed by atoms with Gasteiger partial charge in [-0.25, -0.2) is 0 Å². The van der Waals surface area contributed by atoms with Gasteiger partial charge in [0.1, 0.15) is 6.10 Å². The molecule has 1 aliphatic heterocycles. The summed E-state index contributed by atoms with van der Waals surface area (Å²) >= 11 is 0. The maximum Gasteiger partial charge on any atom is 0.251 e. The normalized spacial score (nSPS) is 23.5. The lowest BCUT2D eigenvalue weighted by molar-refractivity contribution is -0.144. The van der Waals surface area contributed by atoms with Gasteiger partial charge in [0.05, 0.1) is 0 Å². The molecule has 4 nitrogen and oxygen atoms in total. The number of piperidine rings is 1. The minimum atomic E-state index is -0.345. The van der Waals surface area contributed by atoms with Gasteiger partial charge in [-0.05, 0) is 39.2 Å². The summed E-state index contributed by atoms with van der Waals surface area (Å²) in [6.45, 7) is 8.62. The van der Waals surface area contributed by atoms with Crippen LogP contribution in [0.5, 0.6) is 0 Å². The molecule has 0 radical (unpaired) electrons. The zero-order chi connectivity index (χ0) is 16.8. The molecule has 1 fully saturated rings. The molecule has 1 saturated heterocycles. The van der Waals surface area contributed by atoms with Crippen molar-refractivity contribution in [3.05, 3.63) is 35.9 Å². The molecule has 0 unspecified atom stereocenters. The summed E-state index contributed by atoms with van der Waals surface area (Å²) in [5, 5.41) is 0. The van der Waals surface area contributed by atoms with Crippen molar-refractivity contribution >= 4 is 5.91 Å². The van der Waals surface area contributed by atoms with E-state index in [9.17, 15) is 4.79 Å². The van der Waals surface area contributed by atoms with E-state index in [4.69, 9.17) is 4.74 Å². The van der Waals surface area contributed by atoms with Crippen molar-refractivity contribution in [1.29, 1.82) is 0 Å². The Bertz CT molecular complexity index is 491. The summed E-state index contributed by atoms with van der Waals surface area (Å²) in [4.78, 5) is 16.8. The van der Waals surface area contributed by atoms with Crippen molar-refractivity contribution in [3.8, 4) is 0 Å². The molecule has 23 heavy (non-hydrogen) atoms. The maximum atomic E-state index is 12.4. The molecule has 0 aliphatic carbocycles. The van der Waals surface area contributed by atoms with E-state index in [1.165, 1.54) is 5.56 Å². The highest BCUT2D eigenvalue weighted by Gasteiger charge is 2.31. The molecule has 4 heteroatoms. The minimum absolute atomic E-state index is 0.0977. The van der Waals surface area contributed by atoms with Crippen LogP contribution in [0.4, 0.5) is 0 Å². The van der Waals surface area contributed by atoms with Crippen LogP contribution in [0.2, 0.25) is 0 Å². The Balaban J connectivity index is 1.89. The first kappa shape index (κ1) is 18.0. The van der Waals surface area contributed by atoms with Gasteiger partial charge in [0.2, 0.25) is 0 Å². The average Bonchev–Trinajstić information content (AvgIpc) is 2.56. The van der Waals surface area contributed by atoms with Crippen LogP contribution >= 0.6 is 0 Å². The zero-order valence-electron chi connectivity index (χ0n) is 14.9. The smallest absolute Gasteiger partial charge is 0.251 e. The van der Waals surface area contributed by atoms with Crippen LogP contribution in [-0.4, -0.2) is 54.1 Å². The third kappa shape index (κ3) is 4.79. The number of benzene rings is 1. The van der Waals surface area contributed by atoms with E-state index in [1.807, 2.05) is 25.8 Å². The first-order valence-corrected chi connectivity index (χ1v) is 8.69. The van der Waals surface area contributed by atoms with Crippen molar-refractivity contribution in [1.82, 2.24) is 9.80 Å². The molecular formula is C19H30N2O2. The van der Waals surface area contributed by atoms with Crippen LogP contribution in [-0.2, 0) is 16.1 Å². The third-order valence-corrected chi connectivity index (χ3v) is 4.87. The Hall–Kier alpha value is -1.39. The van der Waals surface area contributed by atoms with Crippen molar-refractivity contribution in [2.45, 2.75) is 58.3 Å². The summed E-state index contributed by atoms with van der Waals surface area (Å²) in [5.41, 5.74) is 1.35.